The van der Waals surface area contributed by atoms with E-state index in [0.717, 1.165) is 16.5 Å². The molecule has 0 unspecified atom stereocenters. The highest BCUT2D eigenvalue weighted by atomic mass is 32.2. The van der Waals surface area contributed by atoms with Crippen LogP contribution in [0.4, 0.5) is 0 Å². The summed E-state index contributed by atoms with van der Waals surface area (Å²) in [4.78, 5) is 4.25. The molecule has 0 bridgehead atoms. The molecule has 0 spiro atoms. The van der Waals surface area contributed by atoms with Gasteiger partial charge < -0.3 is 18.6 Å². The fourth-order valence-corrected chi connectivity index (χ4v) is 2.61. The monoisotopic (exact) mass is 291 g/mol. The lowest BCUT2D eigenvalue weighted by molar-refractivity contribution is 0.271. The van der Waals surface area contributed by atoms with E-state index in [1.165, 1.54) is 11.8 Å². The molecule has 0 aromatic carbocycles. The van der Waals surface area contributed by atoms with E-state index in [4.69, 9.17) is 14.0 Å². The van der Waals surface area contributed by atoms with Gasteiger partial charge in [-0.05, 0) is 12.1 Å². The van der Waals surface area contributed by atoms with Crippen molar-refractivity contribution in [3.8, 4) is 11.5 Å². The van der Waals surface area contributed by atoms with Gasteiger partial charge in [0, 0.05) is 18.9 Å². The first-order valence-corrected chi connectivity index (χ1v) is 7.00. The second-order valence-electron chi connectivity index (χ2n) is 4.20. The van der Waals surface area contributed by atoms with Crippen LogP contribution in [0.15, 0.2) is 44.8 Å². The molecule has 3 aromatic heterocycles. The minimum atomic E-state index is -0.0172. The van der Waals surface area contributed by atoms with Crippen molar-refractivity contribution in [2.24, 2.45) is 7.05 Å². The first-order valence-electron chi connectivity index (χ1n) is 6.01. The average Bonchev–Trinajstić information content (AvgIpc) is 3.17. The summed E-state index contributed by atoms with van der Waals surface area (Å²) in [5, 5.41) is 13.9. The Morgan fingerprint density at radius 3 is 3.00 bits per heavy atom. The standard InChI is InChI=1S/C13H13N3O3S/c1-16-10(7-17)6-14-13(16)20-8-9-5-12(19-15-9)11-3-2-4-18-11/h2-6,17H,7-8H2,1H3. The van der Waals surface area contributed by atoms with Crippen LogP contribution in [-0.4, -0.2) is 19.8 Å². The molecule has 7 heteroatoms. The fourth-order valence-electron chi connectivity index (χ4n) is 1.76. The Morgan fingerprint density at radius 2 is 2.30 bits per heavy atom. The minimum Gasteiger partial charge on any atom is -0.461 e. The first-order chi connectivity index (χ1) is 9.78. The van der Waals surface area contributed by atoms with Crippen molar-refractivity contribution in [2.75, 3.05) is 0 Å². The summed E-state index contributed by atoms with van der Waals surface area (Å²) >= 11 is 1.53. The van der Waals surface area contributed by atoms with E-state index in [0.29, 0.717) is 17.3 Å². The smallest absolute Gasteiger partial charge is 0.202 e. The van der Waals surface area contributed by atoms with Crippen molar-refractivity contribution in [3.05, 3.63) is 42.0 Å². The maximum atomic E-state index is 9.12. The van der Waals surface area contributed by atoms with Crippen LogP contribution in [-0.2, 0) is 19.4 Å². The maximum absolute atomic E-state index is 9.12. The average molecular weight is 291 g/mol. The number of nitrogens with zero attached hydrogens (tertiary/aromatic N) is 3. The topological polar surface area (TPSA) is 77.2 Å². The third-order valence-electron chi connectivity index (χ3n) is 2.88. The lowest BCUT2D eigenvalue weighted by Gasteiger charge is -2.01. The second-order valence-corrected chi connectivity index (χ2v) is 5.14. The second kappa shape index (κ2) is 5.56. The number of aliphatic hydroxyl groups is 1. The number of hydrogen-bond acceptors (Lipinski definition) is 6. The molecule has 3 rings (SSSR count). The molecule has 0 saturated carbocycles. The van der Waals surface area contributed by atoms with E-state index in [-0.39, 0.29) is 6.61 Å². The lowest BCUT2D eigenvalue weighted by atomic mass is 10.3. The Labute approximate surface area is 119 Å². The van der Waals surface area contributed by atoms with E-state index in [9.17, 15) is 0 Å². The molecule has 104 valence electrons. The zero-order chi connectivity index (χ0) is 13.9. The molecule has 3 aromatic rings. The molecule has 0 aliphatic heterocycles. The molecule has 20 heavy (non-hydrogen) atoms. The van der Waals surface area contributed by atoms with E-state index in [1.54, 1.807) is 18.5 Å². The molecule has 0 atom stereocenters. The van der Waals surface area contributed by atoms with Crippen molar-refractivity contribution in [1.29, 1.82) is 0 Å². The van der Waals surface area contributed by atoms with E-state index >= 15 is 0 Å². The summed E-state index contributed by atoms with van der Waals surface area (Å²) in [7, 11) is 1.87. The predicted octanol–water partition coefficient (Wildman–Crippen LogP) is 2.45. The summed E-state index contributed by atoms with van der Waals surface area (Å²) in [6, 6.07) is 5.47. The Kier molecular flexibility index (Phi) is 3.62. The van der Waals surface area contributed by atoms with Crippen LogP contribution >= 0.6 is 11.8 Å². The van der Waals surface area contributed by atoms with Crippen molar-refractivity contribution < 1.29 is 14.0 Å². The summed E-state index contributed by atoms with van der Waals surface area (Å²) in [5.41, 5.74) is 1.60. The van der Waals surface area contributed by atoms with Gasteiger partial charge in [0.1, 0.15) is 0 Å². The Morgan fingerprint density at radius 1 is 1.40 bits per heavy atom. The van der Waals surface area contributed by atoms with Gasteiger partial charge in [0.15, 0.2) is 10.9 Å². The number of hydrogen-bond donors (Lipinski definition) is 1. The van der Waals surface area contributed by atoms with Crippen LogP contribution in [0.25, 0.3) is 11.5 Å². The number of thioether (sulfide) groups is 1. The molecule has 0 aliphatic carbocycles. The van der Waals surface area contributed by atoms with Gasteiger partial charge in [-0.1, -0.05) is 16.9 Å². The summed E-state index contributed by atoms with van der Waals surface area (Å²) in [6.07, 6.45) is 3.26. The third-order valence-corrected chi connectivity index (χ3v) is 3.95. The lowest BCUT2D eigenvalue weighted by Crippen LogP contribution is -1.97. The number of aliphatic hydroxyl groups excluding tert-OH is 1. The Balaban J connectivity index is 1.68. The van der Waals surface area contributed by atoms with Gasteiger partial charge in [-0.25, -0.2) is 4.98 Å². The minimum absolute atomic E-state index is 0.0172. The Bertz CT molecular complexity index is 688. The number of rotatable bonds is 5. The van der Waals surface area contributed by atoms with Crippen LogP contribution in [0, 0.1) is 0 Å². The molecule has 0 radical (unpaired) electrons. The summed E-state index contributed by atoms with van der Waals surface area (Å²) < 4.78 is 12.3. The molecule has 6 nitrogen and oxygen atoms in total. The molecular weight excluding hydrogens is 278 g/mol. The molecule has 0 amide bonds. The number of furan rings is 1. The van der Waals surface area contributed by atoms with Crippen LogP contribution in [0.1, 0.15) is 11.4 Å². The van der Waals surface area contributed by atoms with Gasteiger partial charge in [-0.2, -0.15) is 0 Å². The van der Waals surface area contributed by atoms with Crippen molar-refractivity contribution >= 4 is 11.8 Å². The van der Waals surface area contributed by atoms with Crippen LogP contribution < -0.4 is 0 Å². The quantitative estimate of drug-likeness (QED) is 0.728. The SMILES string of the molecule is Cn1c(CO)cnc1SCc1cc(-c2ccco2)on1. The van der Waals surface area contributed by atoms with Crippen LogP contribution in [0.2, 0.25) is 0 Å². The zero-order valence-corrected chi connectivity index (χ0v) is 11.6. The first kappa shape index (κ1) is 13.0. The highest BCUT2D eigenvalue weighted by Crippen LogP contribution is 2.25. The van der Waals surface area contributed by atoms with Crippen LogP contribution in [0.3, 0.4) is 0 Å². The molecule has 0 aliphatic rings. The van der Waals surface area contributed by atoms with Gasteiger partial charge in [0.25, 0.3) is 0 Å². The highest BCUT2D eigenvalue weighted by Gasteiger charge is 2.11. The Hall–Kier alpha value is -1.99. The van der Waals surface area contributed by atoms with Gasteiger partial charge in [0.05, 0.1) is 30.5 Å². The highest BCUT2D eigenvalue weighted by molar-refractivity contribution is 7.98. The van der Waals surface area contributed by atoms with E-state index < -0.39 is 0 Å². The van der Waals surface area contributed by atoms with E-state index in [2.05, 4.69) is 10.1 Å². The van der Waals surface area contributed by atoms with Gasteiger partial charge in [-0.3, -0.25) is 0 Å². The molecular formula is C13H13N3O3S. The van der Waals surface area contributed by atoms with Crippen LogP contribution in [0.5, 0.6) is 0 Å². The summed E-state index contributed by atoms with van der Waals surface area (Å²) in [6.45, 7) is -0.0172. The third kappa shape index (κ3) is 2.50. The number of aromatic nitrogens is 3. The van der Waals surface area contributed by atoms with E-state index in [1.807, 2.05) is 23.7 Å². The van der Waals surface area contributed by atoms with Crippen molar-refractivity contribution in [1.82, 2.24) is 14.7 Å². The van der Waals surface area contributed by atoms with Crippen molar-refractivity contribution in [3.63, 3.8) is 0 Å². The van der Waals surface area contributed by atoms with Gasteiger partial charge in [0.2, 0.25) is 5.76 Å². The molecule has 0 fully saturated rings. The zero-order valence-electron chi connectivity index (χ0n) is 10.8. The largest absolute Gasteiger partial charge is 0.461 e. The van der Waals surface area contributed by atoms with Crippen molar-refractivity contribution in [2.45, 2.75) is 17.5 Å². The molecule has 3 heterocycles. The molecule has 0 saturated heterocycles. The maximum Gasteiger partial charge on any atom is 0.202 e. The number of imidazole rings is 1. The van der Waals surface area contributed by atoms with Gasteiger partial charge in [-0.15, -0.1) is 0 Å². The summed E-state index contributed by atoms with van der Waals surface area (Å²) in [5.74, 6) is 1.91. The fraction of sp³-hybridized carbons (Fsp3) is 0.231. The van der Waals surface area contributed by atoms with Gasteiger partial charge >= 0.3 is 0 Å². The normalized spacial score (nSPS) is 11.1. The molecule has 1 N–H and O–H groups in total. The predicted molar refractivity (Wildman–Crippen MR) is 72.9 cm³/mol.